The van der Waals surface area contributed by atoms with Gasteiger partial charge in [-0.15, -0.1) is 0 Å². The number of primary sulfonamides is 1. The standard InChI is InChI=1S/C17H22N2O8S3.Na/c18-29(22,23)17-9-15(30(24,25)26)14(19-10-12-6-7-27-11-12)8-16(17)28(20,21)13-4-2-1-3-5-13;/h6-9,11,13,19H,1-5,10H2,(H2,18,22,23)(H,24,25,26);/q;+1/p-1. The molecule has 0 bridgehead atoms. The molecular formula is C17H21N2NaO8S3. The normalized spacial score (nSPS) is 15.9. The van der Waals surface area contributed by atoms with E-state index >= 15 is 0 Å². The van der Waals surface area contributed by atoms with Crippen LogP contribution < -0.4 is 40.0 Å². The maximum atomic E-state index is 13.2. The first-order valence-corrected chi connectivity index (χ1v) is 13.6. The van der Waals surface area contributed by atoms with Crippen LogP contribution in [0.3, 0.4) is 0 Å². The van der Waals surface area contributed by atoms with Gasteiger partial charge in [0.1, 0.15) is 15.0 Å². The van der Waals surface area contributed by atoms with Crippen LogP contribution in [0.1, 0.15) is 37.7 Å². The minimum Gasteiger partial charge on any atom is -0.744 e. The Morgan fingerprint density at radius 1 is 1.00 bits per heavy atom. The van der Waals surface area contributed by atoms with Crippen molar-refractivity contribution in [2.24, 2.45) is 5.14 Å². The van der Waals surface area contributed by atoms with Crippen LogP contribution in [0.4, 0.5) is 5.69 Å². The minimum atomic E-state index is -5.15. The number of rotatable bonds is 7. The Morgan fingerprint density at radius 2 is 1.65 bits per heavy atom. The fourth-order valence-corrected chi connectivity index (χ4v) is 7.47. The second-order valence-electron chi connectivity index (χ2n) is 7.08. The molecule has 0 spiro atoms. The Labute approximate surface area is 203 Å². The Balaban J connectivity index is 0.00000341. The number of benzene rings is 1. The van der Waals surface area contributed by atoms with Gasteiger partial charge in [-0.05, 0) is 31.0 Å². The van der Waals surface area contributed by atoms with E-state index in [1.165, 1.54) is 12.5 Å². The van der Waals surface area contributed by atoms with E-state index in [0.29, 0.717) is 37.3 Å². The molecule has 1 aromatic carbocycles. The van der Waals surface area contributed by atoms with Crippen LogP contribution >= 0.6 is 0 Å². The molecular weight excluding hydrogens is 479 g/mol. The third kappa shape index (κ3) is 6.11. The number of nitrogens with two attached hydrogens (primary N) is 1. The van der Waals surface area contributed by atoms with Crippen molar-refractivity contribution in [1.29, 1.82) is 0 Å². The van der Waals surface area contributed by atoms with E-state index in [-0.39, 0.29) is 41.8 Å². The molecule has 166 valence electrons. The van der Waals surface area contributed by atoms with Crippen molar-refractivity contribution in [3.8, 4) is 0 Å². The maximum Gasteiger partial charge on any atom is 1.00 e. The van der Waals surface area contributed by atoms with E-state index in [4.69, 9.17) is 9.56 Å². The molecule has 10 nitrogen and oxygen atoms in total. The van der Waals surface area contributed by atoms with Crippen LogP contribution in [0.5, 0.6) is 0 Å². The zero-order valence-electron chi connectivity index (χ0n) is 16.8. The summed E-state index contributed by atoms with van der Waals surface area (Å²) < 4.78 is 90.8. The third-order valence-corrected chi connectivity index (χ3v) is 9.24. The number of furan rings is 1. The predicted molar refractivity (Wildman–Crippen MR) is 106 cm³/mol. The molecule has 0 saturated heterocycles. The zero-order valence-corrected chi connectivity index (χ0v) is 21.2. The van der Waals surface area contributed by atoms with Crippen LogP contribution in [0.15, 0.2) is 49.8 Å². The summed E-state index contributed by atoms with van der Waals surface area (Å²) in [5, 5.41) is 7.04. The van der Waals surface area contributed by atoms with Crippen LogP contribution in [0.2, 0.25) is 0 Å². The average molecular weight is 501 g/mol. The Kier molecular flexibility index (Phi) is 8.42. The van der Waals surface area contributed by atoms with Gasteiger partial charge in [-0.1, -0.05) is 19.3 Å². The quantitative estimate of drug-likeness (QED) is 0.340. The predicted octanol–water partition coefficient (Wildman–Crippen LogP) is -1.45. The Morgan fingerprint density at radius 3 is 2.16 bits per heavy atom. The van der Waals surface area contributed by atoms with Crippen LogP contribution in [0, 0.1) is 0 Å². The van der Waals surface area contributed by atoms with Crippen molar-refractivity contribution < 1.29 is 63.8 Å². The molecule has 1 aliphatic carbocycles. The van der Waals surface area contributed by atoms with Crippen LogP contribution in [-0.2, 0) is 36.5 Å². The van der Waals surface area contributed by atoms with Crippen molar-refractivity contribution in [2.75, 3.05) is 5.32 Å². The summed E-state index contributed by atoms with van der Waals surface area (Å²) in [5.74, 6) is 0. The number of anilines is 1. The van der Waals surface area contributed by atoms with E-state index in [1.807, 2.05) is 0 Å². The van der Waals surface area contributed by atoms with Crippen molar-refractivity contribution >= 4 is 35.7 Å². The van der Waals surface area contributed by atoms with Gasteiger partial charge in [-0.2, -0.15) is 0 Å². The molecule has 0 amide bonds. The maximum absolute atomic E-state index is 13.2. The smallest absolute Gasteiger partial charge is 0.744 e. The Hall–Kier alpha value is -0.930. The molecule has 1 aromatic heterocycles. The molecule has 0 unspecified atom stereocenters. The molecule has 1 heterocycles. The summed E-state index contributed by atoms with van der Waals surface area (Å²) in [5.41, 5.74) is 0.268. The van der Waals surface area contributed by atoms with E-state index in [9.17, 15) is 29.8 Å². The Bertz CT molecular complexity index is 1230. The summed E-state index contributed by atoms with van der Waals surface area (Å²) in [6, 6.07) is 2.97. The molecule has 0 aliphatic heterocycles. The number of nitrogens with one attached hydrogen (secondary N) is 1. The summed E-state index contributed by atoms with van der Waals surface area (Å²) in [4.78, 5) is -2.42. The summed E-state index contributed by atoms with van der Waals surface area (Å²) in [6.45, 7) is 0.0106. The molecule has 31 heavy (non-hydrogen) atoms. The number of sulfone groups is 1. The topological polar surface area (TPSA) is 177 Å². The number of sulfonamides is 1. The van der Waals surface area contributed by atoms with Gasteiger partial charge >= 0.3 is 29.6 Å². The fourth-order valence-electron chi connectivity index (χ4n) is 3.48. The van der Waals surface area contributed by atoms with Gasteiger partial charge in [0.2, 0.25) is 10.0 Å². The minimum absolute atomic E-state index is 0. The van der Waals surface area contributed by atoms with Gasteiger partial charge in [0.25, 0.3) is 0 Å². The molecule has 14 heteroatoms. The second kappa shape index (κ2) is 9.91. The molecule has 3 rings (SSSR count). The van der Waals surface area contributed by atoms with Crippen LogP contribution in [-0.4, -0.2) is 35.1 Å². The summed E-state index contributed by atoms with van der Waals surface area (Å²) in [7, 11) is -13.9. The van der Waals surface area contributed by atoms with E-state index in [2.05, 4.69) is 5.32 Å². The molecule has 3 N–H and O–H groups in total. The van der Waals surface area contributed by atoms with E-state index < -0.39 is 49.9 Å². The van der Waals surface area contributed by atoms with Gasteiger partial charge in [0.15, 0.2) is 9.84 Å². The SMILES string of the molecule is NS(=O)(=O)c1cc(S(=O)(=O)[O-])c(NCc2ccoc2)cc1S(=O)(=O)C1CCCCC1.[Na+]. The van der Waals surface area contributed by atoms with Crippen molar-refractivity contribution in [1.82, 2.24) is 0 Å². The van der Waals surface area contributed by atoms with Crippen molar-refractivity contribution in [2.45, 2.75) is 58.6 Å². The second-order valence-corrected chi connectivity index (χ2v) is 12.2. The molecule has 0 atom stereocenters. The van der Waals surface area contributed by atoms with Crippen molar-refractivity contribution in [3.63, 3.8) is 0 Å². The van der Waals surface area contributed by atoms with Crippen LogP contribution in [0.25, 0.3) is 0 Å². The molecule has 1 fully saturated rings. The van der Waals surface area contributed by atoms with Gasteiger partial charge in [-0.25, -0.2) is 30.4 Å². The summed E-state index contributed by atoms with van der Waals surface area (Å²) in [6.07, 6.45) is 5.68. The first kappa shape index (κ1) is 26.3. The van der Waals surface area contributed by atoms with Gasteiger partial charge < -0.3 is 14.3 Å². The third-order valence-electron chi connectivity index (χ3n) is 4.98. The number of hydrogen-bond acceptors (Lipinski definition) is 9. The first-order valence-electron chi connectivity index (χ1n) is 9.06. The first-order chi connectivity index (χ1) is 13.9. The molecule has 0 radical (unpaired) electrons. The average Bonchev–Trinajstić information content (AvgIpc) is 3.18. The van der Waals surface area contributed by atoms with E-state index in [1.54, 1.807) is 6.07 Å². The zero-order chi connectivity index (χ0) is 22.2. The van der Waals surface area contributed by atoms with Gasteiger partial charge in [0.05, 0.1) is 33.3 Å². The summed E-state index contributed by atoms with van der Waals surface area (Å²) >= 11 is 0. The number of hydrogen-bond donors (Lipinski definition) is 2. The fraction of sp³-hybridized carbons (Fsp3) is 0.412. The van der Waals surface area contributed by atoms with Gasteiger partial charge in [-0.3, -0.25) is 0 Å². The monoisotopic (exact) mass is 500 g/mol. The van der Waals surface area contributed by atoms with Crippen molar-refractivity contribution in [3.05, 3.63) is 36.3 Å². The molecule has 1 aliphatic rings. The molecule has 1 saturated carbocycles. The van der Waals surface area contributed by atoms with Gasteiger partial charge in [0, 0.05) is 12.1 Å². The largest absolute Gasteiger partial charge is 1.00 e. The molecule has 2 aromatic rings. The van der Waals surface area contributed by atoms with E-state index in [0.717, 1.165) is 12.5 Å².